The lowest BCUT2D eigenvalue weighted by Gasteiger charge is -2.35. The molecule has 0 amide bonds. The summed E-state index contributed by atoms with van der Waals surface area (Å²) in [5.41, 5.74) is -0.160. The molecule has 1 aliphatic rings. The van der Waals surface area contributed by atoms with E-state index in [1.54, 1.807) is 6.92 Å². The maximum absolute atomic E-state index is 9.16. The Morgan fingerprint density at radius 3 is 2.91 bits per heavy atom. The summed E-state index contributed by atoms with van der Waals surface area (Å²) >= 11 is 0. The fraction of sp³-hybridized carbons (Fsp3) is 1.00. The Morgan fingerprint density at radius 2 is 2.45 bits per heavy atom. The summed E-state index contributed by atoms with van der Waals surface area (Å²) in [4.78, 5) is 0. The fourth-order valence-electron chi connectivity index (χ4n) is 1.53. The molecular weight excluding hydrogens is 142 g/mol. The van der Waals surface area contributed by atoms with Crippen molar-refractivity contribution < 1.29 is 9.84 Å². The second kappa shape index (κ2) is 3.52. The number of ether oxygens (including phenoxy) is 1. The molecular formula is C8H17NO2. The van der Waals surface area contributed by atoms with Crippen molar-refractivity contribution in [1.29, 1.82) is 0 Å². The highest BCUT2D eigenvalue weighted by Crippen LogP contribution is 2.18. The summed E-state index contributed by atoms with van der Waals surface area (Å²) in [6, 6.07) is 0. The van der Waals surface area contributed by atoms with Crippen LogP contribution in [0.2, 0.25) is 0 Å². The molecule has 0 aromatic carbocycles. The molecule has 1 fully saturated rings. The first-order chi connectivity index (χ1) is 5.12. The maximum Gasteiger partial charge on any atom is 0.0803 e. The predicted octanol–water partition coefficient (Wildman–Crippen LogP) is 0.136. The summed E-state index contributed by atoms with van der Waals surface area (Å²) in [5, 5.41) is 12.4. The Bertz CT molecular complexity index is 119. The highest BCUT2D eigenvalue weighted by Gasteiger charge is 2.28. The third-order valence-electron chi connectivity index (χ3n) is 1.96. The Morgan fingerprint density at radius 1 is 1.73 bits per heavy atom. The minimum atomic E-state index is -0.278. The second-order valence-electron chi connectivity index (χ2n) is 3.53. The van der Waals surface area contributed by atoms with E-state index in [1.165, 1.54) is 0 Å². The van der Waals surface area contributed by atoms with E-state index in [9.17, 15) is 0 Å². The largest absolute Gasteiger partial charge is 0.393 e. The molecule has 1 saturated heterocycles. The standard InChI is InChI=1S/C8H17NO2/c1-7(10)5-8(2)6-9-3-4-11-8/h7,9-10H,3-6H2,1-2H3/t7?,8-/m0/s1. The van der Waals surface area contributed by atoms with Crippen molar-refractivity contribution in [2.75, 3.05) is 19.7 Å². The molecule has 66 valence electrons. The van der Waals surface area contributed by atoms with Gasteiger partial charge in [0.25, 0.3) is 0 Å². The summed E-state index contributed by atoms with van der Waals surface area (Å²) in [7, 11) is 0. The van der Waals surface area contributed by atoms with Crippen LogP contribution < -0.4 is 5.32 Å². The van der Waals surface area contributed by atoms with E-state index in [2.05, 4.69) is 5.32 Å². The Hall–Kier alpha value is -0.120. The second-order valence-corrected chi connectivity index (χ2v) is 3.53. The van der Waals surface area contributed by atoms with Gasteiger partial charge in [0, 0.05) is 19.5 Å². The van der Waals surface area contributed by atoms with Gasteiger partial charge in [0.15, 0.2) is 0 Å². The predicted molar refractivity (Wildman–Crippen MR) is 43.5 cm³/mol. The lowest BCUT2D eigenvalue weighted by Crippen LogP contribution is -2.49. The first kappa shape index (κ1) is 8.97. The average Bonchev–Trinajstić information content (AvgIpc) is 1.85. The van der Waals surface area contributed by atoms with Crippen molar-refractivity contribution >= 4 is 0 Å². The number of aliphatic hydroxyl groups is 1. The molecule has 1 heterocycles. The zero-order valence-corrected chi connectivity index (χ0v) is 7.26. The zero-order chi connectivity index (χ0) is 8.32. The molecule has 2 N–H and O–H groups in total. The van der Waals surface area contributed by atoms with Crippen molar-refractivity contribution in [2.24, 2.45) is 0 Å². The molecule has 0 aliphatic carbocycles. The van der Waals surface area contributed by atoms with Gasteiger partial charge in [-0.05, 0) is 13.8 Å². The van der Waals surface area contributed by atoms with Crippen LogP contribution in [0.1, 0.15) is 20.3 Å². The van der Waals surface area contributed by atoms with E-state index >= 15 is 0 Å². The highest BCUT2D eigenvalue weighted by atomic mass is 16.5. The zero-order valence-electron chi connectivity index (χ0n) is 7.26. The molecule has 0 bridgehead atoms. The number of hydrogen-bond acceptors (Lipinski definition) is 3. The van der Waals surface area contributed by atoms with Gasteiger partial charge in [-0.3, -0.25) is 0 Å². The van der Waals surface area contributed by atoms with Gasteiger partial charge in [-0.25, -0.2) is 0 Å². The number of hydrogen-bond donors (Lipinski definition) is 2. The topological polar surface area (TPSA) is 41.5 Å². The molecule has 0 spiro atoms. The monoisotopic (exact) mass is 159 g/mol. The summed E-state index contributed by atoms with van der Waals surface area (Å²) in [5.74, 6) is 0. The van der Waals surface area contributed by atoms with Gasteiger partial charge >= 0.3 is 0 Å². The number of nitrogens with one attached hydrogen (secondary N) is 1. The van der Waals surface area contributed by atoms with Crippen LogP contribution in [0.5, 0.6) is 0 Å². The summed E-state index contributed by atoms with van der Waals surface area (Å²) in [6.45, 7) is 6.35. The minimum Gasteiger partial charge on any atom is -0.393 e. The molecule has 3 nitrogen and oxygen atoms in total. The van der Waals surface area contributed by atoms with E-state index in [-0.39, 0.29) is 11.7 Å². The van der Waals surface area contributed by atoms with Crippen LogP contribution in [0.4, 0.5) is 0 Å². The molecule has 1 unspecified atom stereocenters. The van der Waals surface area contributed by atoms with Crippen molar-refractivity contribution in [1.82, 2.24) is 5.32 Å². The molecule has 0 aromatic heterocycles. The summed E-state index contributed by atoms with van der Waals surface area (Å²) in [6.07, 6.45) is 0.430. The van der Waals surface area contributed by atoms with Gasteiger partial charge in [0.2, 0.25) is 0 Å². The van der Waals surface area contributed by atoms with Crippen molar-refractivity contribution in [3.63, 3.8) is 0 Å². The van der Waals surface area contributed by atoms with Crippen molar-refractivity contribution in [3.8, 4) is 0 Å². The fourth-order valence-corrected chi connectivity index (χ4v) is 1.53. The molecule has 1 rings (SSSR count). The van der Waals surface area contributed by atoms with Gasteiger partial charge in [0.1, 0.15) is 0 Å². The highest BCUT2D eigenvalue weighted by molar-refractivity contribution is 4.82. The van der Waals surface area contributed by atoms with Crippen LogP contribution in [-0.4, -0.2) is 36.5 Å². The molecule has 0 aromatic rings. The van der Waals surface area contributed by atoms with E-state index in [1.807, 2.05) is 6.92 Å². The first-order valence-electron chi connectivity index (χ1n) is 4.15. The smallest absolute Gasteiger partial charge is 0.0803 e. The van der Waals surface area contributed by atoms with Crippen molar-refractivity contribution in [2.45, 2.75) is 32.0 Å². The lowest BCUT2D eigenvalue weighted by atomic mass is 9.98. The van der Waals surface area contributed by atoms with Crippen LogP contribution in [-0.2, 0) is 4.74 Å². The van der Waals surface area contributed by atoms with Crippen LogP contribution >= 0.6 is 0 Å². The first-order valence-corrected chi connectivity index (χ1v) is 4.15. The Labute approximate surface area is 67.7 Å². The van der Waals surface area contributed by atoms with Gasteiger partial charge < -0.3 is 15.2 Å². The molecule has 3 heteroatoms. The van der Waals surface area contributed by atoms with Gasteiger partial charge in [0.05, 0.1) is 18.3 Å². The summed E-state index contributed by atoms with van der Waals surface area (Å²) < 4.78 is 5.55. The van der Waals surface area contributed by atoms with Gasteiger partial charge in [-0.2, -0.15) is 0 Å². The quantitative estimate of drug-likeness (QED) is 0.602. The third kappa shape index (κ3) is 2.77. The van der Waals surface area contributed by atoms with Crippen molar-refractivity contribution in [3.05, 3.63) is 0 Å². The average molecular weight is 159 g/mol. The van der Waals surface area contributed by atoms with E-state index in [4.69, 9.17) is 9.84 Å². The van der Waals surface area contributed by atoms with Crippen LogP contribution in [0, 0.1) is 0 Å². The molecule has 2 atom stereocenters. The molecule has 1 aliphatic heterocycles. The molecule has 11 heavy (non-hydrogen) atoms. The van der Waals surface area contributed by atoms with Gasteiger partial charge in [-0.1, -0.05) is 0 Å². The van der Waals surface area contributed by atoms with Crippen LogP contribution in [0.3, 0.4) is 0 Å². The van der Waals surface area contributed by atoms with E-state index < -0.39 is 0 Å². The third-order valence-corrected chi connectivity index (χ3v) is 1.96. The molecule has 0 radical (unpaired) electrons. The van der Waals surface area contributed by atoms with Crippen LogP contribution in [0.15, 0.2) is 0 Å². The Balaban J connectivity index is 2.37. The SMILES string of the molecule is CC(O)C[C@@]1(C)CNCCO1. The lowest BCUT2D eigenvalue weighted by molar-refractivity contribution is -0.0761. The normalized spacial score (nSPS) is 35.2. The van der Waals surface area contributed by atoms with E-state index in [0.717, 1.165) is 19.7 Å². The number of rotatable bonds is 2. The van der Waals surface area contributed by atoms with Gasteiger partial charge in [-0.15, -0.1) is 0 Å². The van der Waals surface area contributed by atoms with Crippen LogP contribution in [0.25, 0.3) is 0 Å². The van der Waals surface area contributed by atoms with E-state index in [0.29, 0.717) is 6.42 Å². The molecule has 0 saturated carbocycles. The maximum atomic E-state index is 9.16. The Kier molecular flexibility index (Phi) is 2.87. The minimum absolute atomic E-state index is 0.160. The number of aliphatic hydroxyl groups excluding tert-OH is 1. The number of morpholine rings is 1.